The molecular weight excluding hydrogens is 464 g/mol. The highest BCUT2D eigenvalue weighted by Crippen LogP contribution is 2.40. The van der Waals surface area contributed by atoms with Crippen molar-refractivity contribution in [1.29, 1.82) is 0 Å². The van der Waals surface area contributed by atoms with Crippen molar-refractivity contribution in [2.24, 2.45) is 0 Å². The molecule has 0 aliphatic carbocycles. The van der Waals surface area contributed by atoms with E-state index in [2.05, 4.69) is 5.32 Å². The average molecular weight is 485 g/mol. The van der Waals surface area contributed by atoms with Gasteiger partial charge >= 0.3 is 5.97 Å². The molecule has 170 valence electrons. The van der Waals surface area contributed by atoms with Gasteiger partial charge in [-0.15, -0.1) is 11.3 Å². The third-order valence-electron chi connectivity index (χ3n) is 5.11. The fraction of sp³-hybridized carbons (Fsp3) is 0.174. The molecule has 0 radical (unpaired) electrons. The van der Waals surface area contributed by atoms with E-state index in [-0.39, 0.29) is 27.6 Å². The number of nitrogens with zero attached hydrogens (tertiary/aromatic N) is 1. The largest absolute Gasteiger partial charge is 0.462 e. The molecule has 1 aliphatic heterocycles. The van der Waals surface area contributed by atoms with Crippen LogP contribution in [0, 0.1) is 6.92 Å². The summed E-state index contributed by atoms with van der Waals surface area (Å²) in [5.41, 5.74) is 1.72. The molecule has 0 saturated carbocycles. The van der Waals surface area contributed by atoms with E-state index in [0.717, 1.165) is 10.4 Å². The first-order chi connectivity index (χ1) is 15.8. The van der Waals surface area contributed by atoms with Crippen LogP contribution in [0.25, 0.3) is 10.4 Å². The Labute approximate surface area is 194 Å². The molecule has 1 aromatic heterocycles. The maximum Gasteiger partial charge on any atom is 0.341 e. The van der Waals surface area contributed by atoms with E-state index in [1.54, 1.807) is 19.9 Å². The van der Waals surface area contributed by atoms with Gasteiger partial charge < -0.3 is 10.1 Å². The zero-order valence-electron chi connectivity index (χ0n) is 17.8. The monoisotopic (exact) mass is 484 g/mol. The molecule has 8 nitrogen and oxygen atoms in total. The third kappa shape index (κ3) is 4.03. The van der Waals surface area contributed by atoms with Crippen molar-refractivity contribution in [3.8, 4) is 10.4 Å². The van der Waals surface area contributed by atoms with Crippen molar-refractivity contribution >= 4 is 44.1 Å². The molecule has 2 aromatic carbocycles. The second kappa shape index (κ2) is 8.80. The van der Waals surface area contributed by atoms with Crippen molar-refractivity contribution < 1.29 is 27.5 Å². The smallest absolute Gasteiger partial charge is 0.341 e. The average Bonchev–Trinajstić information content (AvgIpc) is 3.21. The Kier molecular flexibility index (Phi) is 6.05. The van der Waals surface area contributed by atoms with Crippen LogP contribution in [0.2, 0.25) is 0 Å². The van der Waals surface area contributed by atoms with Crippen LogP contribution < -0.4 is 5.32 Å². The zero-order chi connectivity index (χ0) is 23.8. The second-order valence-electron chi connectivity index (χ2n) is 7.21. The molecule has 0 bridgehead atoms. The lowest BCUT2D eigenvalue weighted by Gasteiger charge is -2.14. The second-order valence-corrected chi connectivity index (χ2v) is 10.1. The first kappa shape index (κ1) is 22.7. The van der Waals surface area contributed by atoms with E-state index in [4.69, 9.17) is 4.74 Å². The standard InChI is InChI=1S/C23H20N2O6S2/c1-3-31-23(28)19-14(2)20(15-9-5-4-6-10-15)32-21(19)24-18(26)13-25-22(27)16-11-7-8-12-17(16)33(25,29)30/h4-12H,3,13H2,1-2H3,(H,24,26). The van der Waals surface area contributed by atoms with Gasteiger partial charge in [0, 0.05) is 4.88 Å². The topological polar surface area (TPSA) is 110 Å². The molecule has 3 aromatic rings. The molecule has 0 spiro atoms. The maximum absolute atomic E-state index is 12.8. The van der Waals surface area contributed by atoms with Crippen LogP contribution in [0.1, 0.15) is 33.2 Å². The molecule has 1 N–H and O–H groups in total. The van der Waals surface area contributed by atoms with Crippen molar-refractivity contribution in [3.05, 3.63) is 71.3 Å². The minimum atomic E-state index is -4.13. The summed E-state index contributed by atoms with van der Waals surface area (Å²) in [5.74, 6) is -2.11. The van der Waals surface area contributed by atoms with E-state index in [0.29, 0.717) is 9.87 Å². The first-order valence-corrected chi connectivity index (χ1v) is 12.3. The number of sulfonamides is 1. The lowest BCUT2D eigenvalue weighted by molar-refractivity contribution is -0.116. The van der Waals surface area contributed by atoms with Gasteiger partial charge in [0.1, 0.15) is 16.4 Å². The van der Waals surface area contributed by atoms with Gasteiger partial charge in [0.05, 0.1) is 17.7 Å². The molecule has 0 fully saturated rings. The number of ether oxygens (including phenoxy) is 1. The maximum atomic E-state index is 12.8. The number of anilines is 1. The SMILES string of the molecule is CCOC(=O)c1c(NC(=O)CN2C(=O)c3ccccc3S2(=O)=O)sc(-c2ccccc2)c1C. The highest BCUT2D eigenvalue weighted by molar-refractivity contribution is 7.90. The van der Waals surface area contributed by atoms with Crippen LogP contribution in [0.15, 0.2) is 59.5 Å². The minimum Gasteiger partial charge on any atom is -0.462 e. The van der Waals surface area contributed by atoms with Gasteiger partial charge in [0.2, 0.25) is 5.91 Å². The van der Waals surface area contributed by atoms with E-state index in [1.807, 2.05) is 30.3 Å². The quantitative estimate of drug-likeness (QED) is 0.535. The number of esters is 1. The Hall–Kier alpha value is -3.50. The summed E-state index contributed by atoms with van der Waals surface area (Å²) >= 11 is 1.18. The number of amides is 2. The summed E-state index contributed by atoms with van der Waals surface area (Å²) in [5, 5.41) is 2.85. The van der Waals surface area contributed by atoms with Gasteiger partial charge in [-0.05, 0) is 37.1 Å². The van der Waals surface area contributed by atoms with Gasteiger partial charge in [0.15, 0.2) is 0 Å². The van der Waals surface area contributed by atoms with E-state index < -0.39 is 34.4 Å². The number of carbonyl (C=O) groups is 3. The van der Waals surface area contributed by atoms with Gasteiger partial charge in [-0.1, -0.05) is 42.5 Å². The number of fused-ring (bicyclic) bond motifs is 1. The number of nitrogens with one attached hydrogen (secondary N) is 1. The molecule has 0 saturated heterocycles. The van der Waals surface area contributed by atoms with Gasteiger partial charge in [0.25, 0.3) is 15.9 Å². The summed E-state index contributed by atoms with van der Waals surface area (Å²) in [7, 11) is -4.13. The van der Waals surface area contributed by atoms with Crippen LogP contribution in [0.4, 0.5) is 5.00 Å². The van der Waals surface area contributed by atoms with Crippen molar-refractivity contribution in [1.82, 2.24) is 4.31 Å². The molecule has 0 unspecified atom stereocenters. The van der Waals surface area contributed by atoms with Crippen LogP contribution in [0.3, 0.4) is 0 Å². The Morgan fingerprint density at radius 3 is 2.39 bits per heavy atom. The lowest BCUT2D eigenvalue weighted by atomic mass is 10.1. The van der Waals surface area contributed by atoms with Crippen LogP contribution in [0.5, 0.6) is 0 Å². The summed E-state index contributed by atoms with van der Waals surface area (Å²) in [4.78, 5) is 38.7. The Morgan fingerprint density at radius 2 is 1.73 bits per heavy atom. The molecule has 2 heterocycles. The van der Waals surface area contributed by atoms with Crippen LogP contribution >= 0.6 is 11.3 Å². The fourth-order valence-electron chi connectivity index (χ4n) is 3.60. The van der Waals surface area contributed by atoms with Crippen LogP contribution in [-0.4, -0.2) is 43.7 Å². The van der Waals surface area contributed by atoms with E-state index in [1.165, 1.54) is 29.5 Å². The normalized spacial score (nSPS) is 14.1. The molecule has 1 aliphatic rings. The Morgan fingerprint density at radius 1 is 1.06 bits per heavy atom. The van der Waals surface area contributed by atoms with Crippen molar-refractivity contribution in [3.63, 3.8) is 0 Å². The number of thiophene rings is 1. The summed E-state index contributed by atoms with van der Waals surface area (Å²) < 4.78 is 31.2. The Balaban J connectivity index is 1.64. The molecule has 10 heteroatoms. The summed E-state index contributed by atoms with van der Waals surface area (Å²) in [6, 6.07) is 15.1. The number of hydrogen-bond acceptors (Lipinski definition) is 7. The van der Waals surface area contributed by atoms with E-state index >= 15 is 0 Å². The molecular formula is C23H20N2O6S2. The predicted molar refractivity (Wildman–Crippen MR) is 124 cm³/mol. The molecule has 4 rings (SSSR count). The van der Waals surface area contributed by atoms with Crippen LogP contribution in [-0.2, 0) is 19.6 Å². The van der Waals surface area contributed by atoms with Crippen molar-refractivity contribution in [2.45, 2.75) is 18.7 Å². The highest BCUT2D eigenvalue weighted by atomic mass is 32.2. The highest BCUT2D eigenvalue weighted by Gasteiger charge is 2.42. The third-order valence-corrected chi connectivity index (χ3v) is 8.16. The minimum absolute atomic E-state index is 0.0239. The predicted octanol–water partition coefficient (Wildman–Crippen LogP) is 3.68. The molecule has 33 heavy (non-hydrogen) atoms. The molecule has 2 amide bonds. The summed E-state index contributed by atoms with van der Waals surface area (Å²) in [6.45, 7) is 2.88. The Bertz CT molecular complexity index is 1360. The van der Waals surface area contributed by atoms with Gasteiger partial charge in [-0.25, -0.2) is 17.5 Å². The number of benzene rings is 2. The summed E-state index contributed by atoms with van der Waals surface area (Å²) in [6.07, 6.45) is 0. The zero-order valence-corrected chi connectivity index (χ0v) is 19.5. The first-order valence-electron chi connectivity index (χ1n) is 10.1. The number of hydrogen-bond donors (Lipinski definition) is 1. The van der Waals surface area contributed by atoms with Crippen molar-refractivity contribution in [2.75, 3.05) is 18.5 Å². The fourth-order valence-corrected chi connectivity index (χ4v) is 6.34. The van der Waals surface area contributed by atoms with Gasteiger partial charge in [-0.3, -0.25) is 9.59 Å². The molecule has 0 atom stereocenters. The van der Waals surface area contributed by atoms with E-state index in [9.17, 15) is 22.8 Å². The number of carbonyl (C=O) groups excluding carboxylic acids is 3. The lowest BCUT2D eigenvalue weighted by Crippen LogP contribution is -2.37. The van der Waals surface area contributed by atoms with Gasteiger partial charge in [-0.2, -0.15) is 0 Å². The number of rotatable bonds is 6.